The van der Waals surface area contributed by atoms with Gasteiger partial charge >= 0.3 is 12.1 Å². The maximum atomic E-state index is 11.6. The fourth-order valence-electron chi connectivity index (χ4n) is 1.60. The molecule has 0 radical (unpaired) electrons. The molecule has 1 rings (SSSR count). The monoisotopic (exact) mass is 533 g/mol. The second-order valence-corrected chi connectivity index (χ2v) is 7.46. The molecule has 22 heavy (non-hydrogen) atoms. The Morgan fingerprint density at radius 3 is 2.27 bits per heavy atom. The van der Waals surface area contributed by atoms with E-state index in [4.69, 9.17) is 4.74 Å². The lowest BCUT2D eigenvalue weighted by molar-refractivity contribution is -0.139. The van der Waals surface area contributed by atoms with Crippen LogP contribution in [0.15, 0.2) is 12.1 Å². The molecule has 0 aliphatic heterocycles. The average molecular weight is 533 g/mol. The van der Waals surface area contributed by atoms with E-state index >= 15 is 0 Å². The molecule has 0 aliphatic rings. The molecule has 0 bridgehead atoms. The Bertz CT molecular complexity index is 539. The summed E-state index contributed by atoms with van der Waals surface area (Å²) in [6.07, 6.45) is -0.637. The molecule has 0 saturated carbocycles. The molecule has 1 aromatic carbocycles. The molecule has 0 aromatic heterocycles. The molecule has 1 amide bonds. The fourth-order valence-corrected chi connectivity index (χ4v) is 3.50. The summed E-state index contributed by atoms with van der Waals surface area (Å²) < 4.78 is 6.19. The molecule has 0 spiro atoms. The quantitative estimate of drug-likeness (QED) is 0.490. The Morgan fingerprint density at radius 1 is 1.27 bits per heavy atom. The second kappa shape index (κ2) is 8.75. The lowest BCUT2D eigenvalue weighted by atomic mass is 10.1. The summed E-state index contributed by atoms with van der Waals surface area (Å²) in [7, 11) is 0. The fraction of sp³-hybridized carbons (Fsp3) is 0.429. The summed E-state index contributed by atoms with van der Waals surface area (Å²) in [5.74, 6) is -0.796. The highest BCUT2D eigenvalue weighted by atomic mass is 127. The normalized spacial score (nSPS) is 12.0. The number of hydrogen-bond donors (Lipinski definition) is 3. The Hall–Kier alpha value is -0.780. The highest BCUT2D eigenvalue weighted by Gasteiger charge is 2.22. The van der Waals surface area contributed by atoms with Crippen molar-refractivity contribution in [3.63, 3.8) is 0 Å². The van der Waals surface area contributed by atoms with E-state index in [1.807, 2.05) is 59.0 Å². The van der Waals surface area contributed by atoms with Crippen molar-refractivity contribution in [2.45, 2.75) is 26.3 Å². The zero-order chi connectivity index (χ0) is 16.9. The van der Waals surface area contributed by atoms with Crippen molar-refractivity contribution in [2.75, 3.05) is 6.61 Å². The Labute approximate surface area is 155 Å². The minimum absolute atomic E-state index is 0.110. The molecule has 0 heterocycles. The van der Waals surface area contributed by atoms with Gasteiger partial charge in [0.2, 0.25) is 0 Å². The second-order valence-electron chi connectivity index (χ2n) is 5.14. The van der Waals surface area contributed by atoms with E-state index in [1.54, 1.807) is 12.1 Å². The van der Waals surface area contributed by atoms with E-state index in [0.29, 0.717) is 12.7 Å². The van der Waals surface area contributed by atoms with Crippen LogP contribution in [0.3, 0.4) is 0 Å². The van der Waals surface area contributed by atoms with Crippen molar-refractivity contribution in [2.24, 2.45) is 5.92 Å². The molecule has 0 fully saturated rings. The molecule has 1 atom stereocenters. The number of ether oxygens (including phenoxy) is 1. The Kier molecular flexibility index (Phi) is 7.66. The minimum Gasteiger partial charge on any atom is -0.506 e. The van der Waals surface area contributed by atoms with Gasteiger partial charge in [0, 0.05) is 6.42 Å². The van der Waals surface area contributed by atoms with Crippen LogP contribution in [-0.2, 0) is 16.0 Å². The molecular weight excluding hydrogens is 516 g/mol. The number of benzene rings is 1. The van der Waals surface area contributed by atoms with Crippen molar-refractivity contribution < 1.29 is 24.5 Å². The lowest BCUT2D eigenvalue weighted by Crippen LogP contribution is -2.42. The number of carboxylic acid groups (broad SMARTS) is 1. The summed E-state index contributed by atoms with van der Waals surface area (Å²) >= 11 is 3.94. The third-order valence-corrected chi connectivity index (χ3v) is 4.30. The lowest BCUT2D eigenvalue weighted by Gasteiger charge is -2.16. The zero-order valence-corrected chi connectivity index (χ0v) is 16.4. The van der Waals surface area contributed by atoms with Gasteiger partial charge in [-0.1, -0.05) is 13.8 Å². The van der Waals surface area contributed by atoms with E-state index in [0.717, 1.165) is 0 Å². The van der Waals surface area contributed by atoms with Crippen molar-refractivity contribution in [1.29, 1.82) is 0 Å². The van der Waals surface area contributed by atoms with Gasteiger partial charge in [0.1, 0.15) is 11.8 Å². The SMILES string of the molecule is CC(C)COC(=O)N[C@H](Cc1cc(I)c(O)c(I)c1)C(=O)O. The van der Waals surface area contributed by atoms with Crippen LogP contribution in [0.4, 0.5) is 4.79 Å². The molecule has 0 unspecified atom stereocenters. The molecule has 3 N–H and O–H groups in total. The summed E-state index contributed by atoms with van der Waals surface area (Å²) in [4.78, 5) is 22.9. The first-order valence-electron chi connectivity index (χ1n) is 6.53. The number of carboxylic acids is 1. The number of aliphatic carboxylic acids is 1. The first-order chi connectivity index (χ1) is 10.2. The zero-order valence-electron chi connectivity index (χ0n) is 12.1. The van der Waals surface area contributed by atoms with Gasteiger partial charge in [-0.3, -0.25) is 0 Å². The predicted molar refractivity (Wildman–Crippen MR) is 98.0 cm³/mol. The average Bonchev–Trinajstić information content (AvgIpc) is 2.41. The summed E-state index contributed by atoms with van der Waals surface area (Å²) in [6.45, 7) is 4.01. The van der Waals surface area contributed by atoms with E-state index in [9.17, 15) is 19.8 Å². The minimum atomic E-state index is -1.14. The third-order valence-electron chi connectivity index (χ3n) is 2.65. The number of carbonyl (C=O) groups is 2. The number of alkyl carbamates (subject to hydrolysis) is 1. The van der Waals surface area contributed by atoms with Gasteiger partial charge in [0.15, 0.2) is 0 Å². The van der Waals surface area contributed by atoms with Gasteiger partial charge in [-0.15, -0.1) is 0 Å². The number of hydrogen-bond acceptors (Lipinski definition) is 4. The predicted octanol–water partition coefficient (Wildman–Crippen LogP) is 2.98. The van der Waals surface area contributed by atoms with Gasteiger partial charge in [-0.2, -0.15) is 0 Å². The largest absolute Gasteiger partial charge is 0.506 e. The molecular formula is C14H17I2NO5. The number of nitrogens with one attached hydrogen (secondary N) is 1. The standard InChI is InChI=1S/C14H17I2NO5/c1-7(2)6-22-14(21)17-11(13(19)20)5-8-3-9(15)12(18)10(16)4-8/h3-4,7,11,18H,5-6H2,1-2H3,(H,17,21)(H,19,20)/t11-/m1/s1. The molecule has 0 saturated heterocycles. The van der Waals surface area contributed by atoms with Gasteiger partial charge in [0.25, 0.3) is 0 Å². The number of phenols is 1. The van der Waals surface area contributed by atoms with Gasteiger partial charge in [-0.05, 0) is 68.8 Å². The van der Waals surface area contributed by atoms with Crippen LogP contribution in [0.1, 0.15) is 19.4 Å². The third kappa shape index (κ3) is 6.15. The van der Waals surface area contributed by atoms with Gasteiger partial charge < -0.3 is 20.3 Å². The van der Waals surface area contributed by atoms with Crippen LogP contribution in [0.2, 0.25) is 0 Å². The molecule has 6 nitrogen and oxygen atoms in total. The van der Waals surface area contributed by atoms with E-state index in [-0.39, 0.29) is 24.7 Å². The van der Waals surface area contributed by atoms with Crippen molar-refractivity contribution in [3.05, 3.63) is 24.8 Å². The highest BCUT2D eigenvalue weighted by Crippen LogP contribution is 2.27. The maximum Gasteiger partial charge on any atom is 0.407 e. The van der Waals surface area contributed by atoms with Crippen LogP contribution in [0.5, 0.6) is 5.75 Å². The van der Waals surface area contributed by atoms with Crippen LogP contribution < -0.4 is 5.32 Å². The number of rotatable bonds is 6. The van der Waals surface area contributed by atoms with Crippen LogP contribution in [0, 0.1) is 13.1 Å². The first-order valence-corrected chi connectivity index (χ1v) is 8.69. The number of amides is 1. The van der Waals surface area contributed by atoms with Crippen LogP contribution in [-0.4, -0.2) is 34.9 Å². The number of carbonyl (C=O) groups excluding carboxylic acids is 1. The topological polar surface area (TPSA) is 95.9 Å². The molecule has 122 valence electrons. The number of aromatic hydroxyl groups is 1. The Balaban J connectivity index is 2.76. The molecule has 1 aromatic rings. The smallest absolute Gasteiger partial charge is 0.407 e. The summed E-state index contributed by atoms with van der Waals surface area (Å²) in [5, 5.41) is 21.3. The van der Waals surface area contributed by atoms with Crippen LogP contribution in [0.25, 0.3) is 0 Å². The van der Waals surface area contributed by atoms with Crippen molar-refractivity contribution in [1.82, 2.24) is 5.32 Å². The maximum absolute atomic E-state index is 11.6. The molecule has 8 heteroatoms. The van der Waals surface area contributed by atoms with Crippen molar-refractivity contribution in [3.8, 4) is 5.75 Å². The summed E-state index contributed by atoms with van der Waals surface area (Å²) in [5.41, 5.74) is 0.711. The Morgan fingerprint density at radius 2 is 1.82 bits per heavy atom. The van der Waals surface area contributed by atoms with E-state index < -0.39 is 18.1 Å². The van der Waals surface area contributed by atoms with Crippen molar-refractivity contribution >= 4 is 57.2 Å². The van der Waals surface area contributed by atoms with Gasteiger partial charge in [-0.25, -0.2) is 9.59 Å². The first kappa shape index (κ1) is 19.3. The van der Waals surface area contributed by atoms with Gasteiger partial charge in [0.05, 0.1) is 13.7 Å². The number of phenolic OH excluding ortho intramolecular Hbond substituents is 1. The van der Waals surface area contributed by atoms with Crippen LogP contribution >= 0.6 is 45.2 Å². The highest BCUT2D eigenvalue weighted by molar-refractivity contribution is 14.1. The summed E-state index contributed by atoms with van der Waals surface area (Å²) in [6, 6.07) is 2.29. The van der Waals surface area contributed by atoms with E-state index in [1.165, 1.54) is 0 Å². The van der Waals surface area contributed by atoms with E-state index in [2.05, 4.69) is 5.32 Å². The molecule has 0 aliphatic carbocycles. The number of halogens is 2.